The molecule has 0 aromatic carbocycles. The van der Waals surface area contributed by atoms with Crippen molar-refractivity contribution < 1.29 is 0 Å². The van der Waals surface area contributed by atoms with Gasteiger partial charge >= 0.3 is 0 Å². The molecule has 0 heterocycles. The van der Waals surface area contributed by atoms with E-state index < -0.39 is 0 Å². The van der Waals surface area contributed by atoms with Gasteiger partial charge in [0.25, 0.3) is 0 Å². The Morgan fingerprint density at radius 1 is 0.326 bits per heavy atom. The van der Waals surface area contributed by atoms with E-state index >= 15 is 0 Å². The first-order chi connectivity index (χ1) is 22.6. The van der Waals surface area contributed by atoms with Crippen molar-refractivity contribution in [2.24, 2.45) is 82.9 Å². The van der Waals surface area contributed by atoms with Crippen molar-refractivity contribution in [3.05, 3.63) is 0 Å². The Balaban J connectivity index is 0.994. The van der Waals surface area contributed by atoms with Crippen LogP contribution in [-0.2, 0) is 0 Å². The zero-order chi connectivity index (χ0) is 31.9. The summed E-state index contributed by atoms with van der Waals surface area (Å²) in [6.45, 7) is 9.98. The Hall–Kier alpha value is 0. The third kappa shape index (κ3) is 9.01. The highest BCUT2D eigenvalue weighted by Gasteiger charge is 2.44. The quantitative estimate of drug-likeness (QED) is 0.212. The predicted molar refractivity (Wildman–Crippen MR) is 201 cm³/mol. The Kier molecular flexibility index (Phi) is 13.8. The Bertz CT molecular complexity index is 826. The Labute approximate surface area is 289 Å². The summed E-state index contributed by atoms with van der Waals surface area (Å²) in [5.74, 6) is 15.0. The molecule has 0 N–H and O–H groups in total. The molecular weight excluding hydrogens is 553 g/mol. The zero-order valence-electron chi connectivity index (χ0n) is 31.9. The molecular formula is C46H82. The highest BCUT2D eigenvalue weighted by Crippen LogP contribution is 2.54. The highest BCUT2D eigenvalue weighted by atomic mass is 14.5. The van der Waals surface area contributed by atoms with Gasteiger partial charge in [-0.25, -0.2) is 0 Å². The largest absolute Gasteiger partial charge is 0.0654 e. The van der Waals surface area contributed by atoms with Crippen LogP contribution >= 0.6 is 0 Å². The van der Waals surface area contributed by atoms with Gasteiger partial charge in [-0.2, -0.15) is 0 Å². The monoisotopic (exact) mass is 635 g/mol. The molecule has 46 heavy (non-hydrogen) atoms. The van der Waals surface area contributed by atoms with E-state index in [4.69, 9.17) is 0 Å². The van der Waals surface area contributed by atoms with Crippen molar-refractivity contribution in [1.29, 1.82) is 0 Å². The van der Waals surface area contributed by atoms with Crippen LogP contribution in [0.2, 0.25) is 0 Å². The van der Waals surface area contributed by atoms with Crippen LogP contribution < -0.4 is 0 Å². The van der Waals surface area contributed by atoms with Crippen molar-refractivity contribution >= 4 is 0 Å². The SMILES string of the molecule is CCCC1CCC(C2CCC(C3CCC(C)C(C4CC(C5CCC(C6CCC(CCC)CC6)CC5)CCC4CCC)C3)CC2)CC1. The van der Waals surface area contributed by atoms with Crippen LogP contribution in [0.25, 0.3) is 0 Å². The molecule has 6 aliphatic rings. The van der Waals surface area contributed by atoms with E-state index in [0.29, 0.717) is 0 Å². The van der Waals surface area contributed by atoms with Gasteiger partial charge in [-0.05, 0) is 192 Å². The number of rotatable bonds is 11. The van der Waals surface area contributed by atoms with Gasteiger partial charge in [0.1, 0.15) is 0 Å². The van der Waals surface area contributed by atoms with Crippen molar-refractivity contribution in [3.63, 3.8) is 0 Å². The molecule has 0 bridgehead atoms. The van der Waals surface area contributed by atoms with Crippen molar-refractivity contribution in [1.82, 2.24) is 0 Å². The maximum absolute atomic E-state index is 2.71. The zero-order valence-corrected chi connectivity index (χ0v) is 31.9. The molecule has 266 valence electrons. The summed E-state index contributed by atoms with van der Waals surface area (Å²) >= 11 is 0. The molecule has 0 radical (unpaired) electrons. The van der Waals surface area contributed by atoms with Gasteiger partial charge in [0.2, 0.25) is 0 Å². The van der Waals surface area contributed by atoms with Gasteiger partial charge in [-0.15, -0.1) is 0 Å². The fraction of sp³-hybridized carbons (Fsp3) is 1.00. The minimum Gasteiger partial charge on any atom is -0.0654 e. The smallest absolute Gasteiger partial charge is 0.0352 e. The molecule has 0 spiro atoms. The van der Waals surface area contributed by atoms with E-state index in [1.54, 1.807) is 141 Å². The molecule has 6 saturated carbocycles. The van der Waals surface area contributed by atoms with Crippen molar-refractivity contribution in [2.75, 3.05) is 0 Å². The van der Waals surface area contributed by atoms with Crippen LogP contribution in [0.5, 0.6) is 0 Å². The molecule has 6 aliphatic carbocycles. The predicted octanol–water partition coefficient (Wildman–Crippen LogP) is 14.7. The van der Waals surface area contributed by atoms with Gasteiger partial charge in [-0.1, -0.05) is 98.3 Å². The third-order valence-electron chi connectivity index (χ3n) is 17.1. The Morgan fingerprint density at radius 3 is 1.07 bits per heavy atom. The van der Waals surface area contributed by atoms with Crippen LogP contribution in [0, 0.1) is 82.9 Å². The normalized spacial score (nSPS) is 46.2. The summed E-state index contributed by atoms with van der Waals surface area (Å²) in [6.07, 6.45) is 43.7. The van der Waals surface area contributed by atoms with E-state index in [1.807, 2.05) is 0 Å². The fourth-order valence-corrected chi connectivity index (χ4v) is 14.3. The first-order valence-corrected chi connectivity index (χ1v) is 22.6. The second-order valence-electron chi connectivity index (χ2n) is 19.5. The lowest BCUT2D eigenvalue weighted by Gasteiger charge is -2.50. The summed E-state index contributed by atoms with van der Waals surface area (Å²) in [6, 6.07) is 0. The lowest BCUT2D eigenvalue weighted by Crippen LogP contribution is -2.40. The van der Waals surface area contributed by atoms with Gasteiger partial charge in [-0.3, -0.25) is 0 Å². The highest BCUT2D eigenvalue weighted by molar-refractivity contribution is 4.95. The van der Waals surface area contributed by atoms with E-state index in [1.165, 1.54) is 38.5 Å². The van der Waals surface area contributed by atoms with Crippen LogP contribution in [0.15, 0.2) is 0 Å². The molecule has 0 aliphatic heterocycles. The van der Waals surface area contributed by atoms with Crippen molar-refractivity contribution in [2.45, 2.75) is 207 Å². The van der Waals surface area contributed by atoms with E-state index in [2.05, 4.69) is 27.7 Å². The second-order valence-corrected chi connectivity index (χ2v) is 19.5. The molecule has 0 saturated heterocycles. The van der Waals surface area contributed by atoms with Gasteiger partial charge in [0.05, 0.1) is 0 Å². The third-order valence-corrected chi connectivity index (χ3v) is 17.1. The lowest BCUT2D eigenvalue weighted by atomic mass is 9.55. The molecule has 0 aromatic heterocycles. The second kappa shape index (κ2) is 17.8. The molecule has 6 rings (SSSR count). The molecule has 6 fully saturated rings. The average Bonchev–Trinajstić information content (AvgIpc) is 3.10. The maximum Gasteiger partial charge on any atom is -0.0352 e. The van der Waals surface area contributed by atoms with Gasteiger partial charge < -0.3 is 0 Å². The summed E-state index contributed by atoms with van der Waals surface area (Å²) in [5.41, 5.74) is 0. The van der Waals surface area contributed by atoms with Gasteiger partial charge in [0, 0.05) is 0 Å². The molecule has 0 nitrogen and oxygen atoms in total. The summed E-state index contributed by atoms with van der Waals surface area (Å²) in [5, 5.41) is 0. The summed E-state index contributed by atoms with van der Waals surface area (Å²) in [4.78, 5) is 0. The Morgan fingerprint density at radius 2 is 0.652 bits per heavy atom. The molecule has 0 heteroatoms. The average molecular weight is 635 g/mol. The van der Waals surface area contributed by atoms with E-state index in [9.17, 15) is 0 Å². The van der Waals surface area contributed by atoms with E-state index in [-0.39, 0.29) is 0 Å². The summed E-state index contributed by atoms with van der Waals surface area (Å²) in [7, 11) is 0. The van der Waals surface area contributed by atoms with Crippen LogP contribution in [0.1, 0.15) is 207 Å². The summed E-state index contributed by atoms with van der Waals surface area (Å²) < 4.78 is 0. The maximum atomic E-state index is 2.71. The fourth-order valence-electron chi connectivity index (χ4n) is 14.3. The van der Waals surface area contributed by atoms with E-state index in [0.717, 1.165) is 82.9 Å². The lowest BCUT2D eigenvalue weighted by molar-refractivity contribution is 0.00297. The first-order valence-electron chi connectivity index (χ1n) is 22.6. The van der Waals surface area contributed by atoms with Gasteiger partial charge in [0.15, 0.2) is 0 Å². The standard InChI is InChI=1S/C46H82/c1-5-8-34-12-17-36(18-13-34)38-21-25-40(26-22-38)43-16-11-33(4)45(31-43)46-32-44(30-29-42(46)10-7-3)41-27-23-39(24-28-41)37-19-14-35(9-6-2)15-20-37/h33-46H,5-32H2,1-4H3. The number of hydrogen-bond donors (Lipinski definition) is 0. The van der Waals surface area contributed by atoms with Crippen molar-refractivity contribution in [3.8, 4) is 0 Å². The molecule has 0 aromatic rings. The molecule has 6 unspecified atom stereocenters. The van der Waals surface area contributed by atoms with Crippen LogP contribution in [0.3, 0.4) is 0 Å². The van der Waals surface area contributed by atoms with Crippen LogP contribution in [0.4, 0.5) is 0 Å². The number of hydrogen-bond acceptors (Lipinski definition) is 0. The molecule has 0 amide bonds. The topological polar surface area (TPSA) is 0 Å². The van der Waals surface area contributed by atoms with Crippen LogP contribution in [-0.4, -0.2) is 0 Å². The minimum atomic E-state index is 0.993. The first kappa shape index (κ1) is 35.8. The molecule has 6 atom stereocenters. The minimum absolute atomic E-state index is 0.993.